The number of aromatic hydroxyl groups is 1. The summed E-state index contributed by atoms with van der Waals surface area (Å²) in [7, 11) is 0. The van der Waals surface area contributed by atoms with E-state index in [1.807, 2.05) is 0 Å². The second-order valence-corrected chi connectivity index (χ2v) is 6.47. The van der Waals surface area contributed by atoms with E-state index in [1.54, 1.807) is 24.3 Å². The number of carbonyl (C=O) groups excluding carboxylic acids is 1. The molecule has 3 aliphatic rings. The predicted molar refractivity (Wildman–Crippen MR) is 86.4 cm³/mol. The Morgan fingerprint density at radius 1 is 1.04 bits per heavy atom. The van der Waals surface area contributed by atoms with Crippen molar-refractivity contribution in [2.24, 2.45) is 0 Å². The Labute approximate surface area is 134 Å². The van der Waals surface area contributed by atoms with Crippen LogP contribution in [0.2, 0.25) is 0 Å². The summed E-state index contributed by atoms with van der Waals surface area (Å²) in [6, 6.07) is 9.18. The SMILES string of the molecule is O=C(Nc1cccc(F)c1)c1ccc(O)c2c1C1CCC2CC1. The fourth-order valence-corrected chi connectivity index (χ4v) is 4.13. The van der Waals surface area contributed by atoms with Gasteiger partial charge < -0.3 is 10.4 Å². The second-order valence-electron chi connectivity index (χ2n) is 6.47. The fraction of sp³-hybridized carbons (Fsp3) is 0.316. The summed E-state index contributed by atoms with van der Waals surface area (Å²) in [5.41, 5.74) is 3.01. The zero-order valence-corrected chi connectivity index (χ0v) is 12.7. The van der Waals surface area contributed by atoms with Crippen molar-refractivity contribution in [2.45, 2.75) is 37.5 Å². The molecule has 118 valence electrons. The third-order valence-electron chi connectivity index (χ3n) is 5.13. The van der Waals surface area contributed by atoms with Crippen LogP contribution in [0, 0.1) is 5.82 Å². The highest BCUT2D eigenvalue weighted by molar-refractivity contribution is 6.06. The van der Waals surface area contributed by atoms with Crippen molar-refractivity contribution in [1.82, 2.24) is 0 Å². The number of benzene rings is 2. The molecule has 5 rings (SSSR count). The number of fused-ring (bicyclic) bond motifs is 2. The van der Waals surface area contributed by atoms with E-state index in [2.05, 4.69) is 5.32 Å². The molecule has 1 saturated carbocycles. The molecule has 3 aliphatic carbocycles. The number of phenolic OH excluding ortho intramolecular Hbond substituents is 1. The summed E-state index contributed by atoms with van der Waals surface area (Å²) in [6.45, 7) is 0. The molecule has 0 saturated heterocycles. The molecule has 4 heteroatoms. The quantitative estimate of drug-likeness (QED) is 0.855. The van der Waals surface area contributed by atoms with Gasteiger partial charge in [0.1, 0.15) is 11.6 Å². The normalized spacial score (nSPS) is 21.8. The Morgan fingerprint density at radius 3 is 2.43 bits per heavy atom. The molecule has 0 spiro atoms. The molecule has 2 aromatic rings. The number of amides is 1. The zero-order valence-electron chi connectivity index (χ0n) is 12.7. The smallest absolute Gasteiger partial charge is 0.255 e. The third-order valence-corrected chi connectivity index (χ3v) is 5.13. The fourth-order valence-electron chi connectivity index (χ4n) is 4.13. The lowest BCUT2D eigenvalue weighted by molar-refractivity contribution is 0.102. The molecule has 2 N–H and O–H groups in total. The lowest BCUT2D eigenvalue weighted by Crippen LogP contribution is -2.26. The van der Waals surface area contributed by atoms with Gasteiger partial charge in [-0.15, -0.1) is 0 Å². The van der Waals surface area contributed by atoms with Gasteiger partial charge in [-0.25, -0.2) is 4.39 Å². The maximum absolute atomic E-state index is 13.3. The average Bonchev–Trinajstić information content (AvgIpc) is 2.56. The number of carbonyl (C=O) groups is 1. The molecule has 0 radical (unpaired) electrons. The first-order chi connectivity index (χ1) is 11.1. The van der Waals surface area contributed by atoms with Gasteiger partial charge >= 0.3 is 0 Å². The van der Waals surface area contributed by atoms with E-state index < -0.39 is 0 Å². The minimum Gasteiger partial charge on any atom is -0.508 e. The Bertz CT molecular complexity index is 779. The van der Waals surface area contributed by atoms with Crippen molar-refractivity contribution in [3.63, 3.8) is 0 Å². The van der Waals surface area contributed by atoms with Crippen LogP contribution >= 0.6 is 0 Å². The molecule has 1 amide bonds. The van der Waals surface area contributed by atoms with Gasteiger partial charge in [-0.1, -0.05) is 6.07 Å². The molecule has 0 aromatic heterocycles. The molecule has 0 aliphatic heterocycles. The number of anilines is 1. The lowest BCUT2D eigenvalue weighted by Gasteiger charge is -2.39. The second kappa shape index (κ2) is 5.37. The molecule has 2 aromatic carbocycles. The van der Waals surface area contributed by atoms with Gasteiger partial charge in [0.25, 0.3) is 5.91 Å². The van der Waals surface area contributed by atoms with Crippen LogP contribution < -0.4 is 5.32 Å². The Hall–Kier alpha value is -2.36. The maximum atomic E-state index is 13.3. The van der Waals surface area contributed by atoms with Crippen LogP contribution in [0.5, 0.6) is 5.75 Å². The van der Waals surface area contributed by atoms with Gasteiger partial charge in [-0.2, -0.15) is 0 Å². The zero-order chi connectivity index (χ0) is 16.0. The van der Waals surface area contributed by atoms with Crippen LogP contribution in [-0.4, -0.2) is 11.0 Å². The molecule has 0 heterocycles. The van der Waals surface area contributed by atoms with Gasteiger partial charge in [0.15, 0.2) is 0 Å². The van der Waals surface area contributed by atoms with E-state index in [-0.39, 0.29) is 11.7 Å². The Balaban J connectivity index is 1.72. The lowest BCUT2D eigenvalue weighted by atomic mass is 9.65. The third kappa shape index (κ3) is 2.38. The minimum atomic E-state index is -0.380. The summed E-state index contributed by atoms with van der Waals surface area (Å²) in [6.07, 6.45) is 4.31. The molecule has 3 nitrogen and oxygen atoms in total. The van der Waals surface area contributed by atoms with Gasteiger partial charge in [-0.05, 0) is 73.4 Å². The highest BCUT2D eigenvalue weighted by Gasteiger charge is 2.37. The van der Waals surface area contributed by atoms with Crippen molar-refractivity contribution < 1.29 is 14.3 Å². The van der Waals surface area contributed by atoms with Gasteiger partial charge in [-0.3, -0.25) is 4.79 Å². The van der Waals surface area contributed by atoms with E-state index in [9.17, 15) is 14.3 Å². The molecule has 0 unspecified atom stereocenters. The molecular weight excluding hydrogens is 293 g/mol. The van der Waals surface area contributed by atoms with Crippen molar-refractivity contribution in [3.8, 4) is 5.75 Å². The van der Waals surface area contributed by atoms with Crippen molar-refractivity contribution in [3.05, 3.63) is 58.9 Å². The van der Waals surface area contributed by atoms with E-state index in [4.69, 9.17) is 0 Å². The van der Waals surface area contributed by atoms with Crippen molar-refractivity contribution >= 4 is 11.6 Å². The van der Waals surface area contributed by atoms with Crippen LogP contribution in [0.3, 0.4) is 0 Å². The van der Waals surface area contributed by atoms with Crippen LogP contribution in [0.15, 0.2) is 36.4 Å². The average molecular weight is 311 g/mol. The Morgan fingerprint density at radius 2 is 1.74 bits per heavy atom. The van der Waals surface area contributed by atoms with Crippen LogP contribution in [0.1, 0.15) is 59.0 Å². The van der Waals surface area contributed by atoms with Gasteiger partial charge in [0.2, 0.25) is 0 Å². The number of rotatable bonds is 2. The van der Waals surface area contributed by atoms with Crippen LogP contribution in [0.4, 0.5) is 10.1 Å². The Kier molecular flexibility index (Phi) is 3.33. The standard InChI is InChI=1S/C19H18FNO2/c20-13-2-1-3-14(10-13)21-19(23)15-8-9-16(22)18-12-6-4-11(5-7-12)17(15)18/h1-3,8-12,22H,4-7H2,(H,21,23). The highest BCUT2D eigenvalue weighted by atomic mass is 19.1. The van der Waals surface area contributed by atoms with Crippen LogP contribution in [0.25, 0.3) is 0 Å². The van der Waals surface area contributed by atoms with Crippen molar-refractivity contribution in [1.29, 1.82) is 0 Å². The molecule has 0 atom stereocenters. The summed E-state index contributed by atoms with van der Waals surface area (Å²) < 4.78 is 13.3. The predicted octanol–water partition coefficient (Wildman–Crippen LogP) is 4.54. The molecule has 2 bridgehead atoms. The minimum absolute atomic E-state index is 0.237. The summed E-state index contributed by atoms with van der Waals surface area (Å²) in [5.74, 6) is 0.387. The monoisotopic (exact) mass is 311 g/mol. The van der Waals surface area contributed by atoms with Gasteiger partial charge in [0.05, 0.1) is 0 Å². The van der Waals surface area contributed by atoms with Gasteiger partial charge in [0, 0.05) is 16.8 Å². The molecule has 1 fully saturated rings. The van der Waals surface area contributed by atoms with Crippen LogP contribution in [-0.2, 0) is 0 Å². The summed E-state index contributed by atoms with van der Waals surface area (Å²) in [5, 5.41) is 13.0. The largest absolute Gasteiger partial charge is 0.508 e. The van der Waals surface area contributed by atoms with E-state index in [0.717, 1.165) is 36.8 Å². The number of hydrogen-bond acceptors (Lipinski definition) is 2. The first-order valence-corrected chi connectivity index (χ1v) is 8.06. The topological polar surface area (TPSA) is 49.3 Å². The van der Waals surface area contributed by atoms with E-state index in [0.29, 0.717) is 28.8 Å². The van der Waals surface area contributed by atoms with E-state index >= 15 is 0 Å². The number of hydrogen-bond donors (Lipinski definition) is 2. The number of halogens is 1. The summed E-state index contributed by atoms with van der Waals surface area (Å²) in [4.78, 5) is 12.7. The molecule has 23 heavy (non-hydrogen) atoms. The highest BCUT2D eigenvalue weighted by Crippen LogP contribution is 2.53. The summed E-state index contributed by atoms with van der Waals surface area (Å²) >= 11 is 0. The first-order valence-electron chi connectivity index (χ1n) is 8.06. The van der Waals surface area contributed by atoms with Crippen molar-refractivity contribution in [2.75, 3.05) is 5.32 Å². The number of nitrogens with one attached hydrogen (secondary N) is 1. The maximum Gasteiger partial charge on any atom is 0.255 e. The van der Waals surface area contributed by atoms with E-state index in [1.165, 1.54) is 12.1 Å². The molecular formula is C19H18FNO2. The number of phenols is 1. The first kappa shape index (κ1) is 14.2.